The predicted octanol–water partition coefficient (Wildman–Crippen LogP) is 2.05. The van der Waals surface area contributed by atoms with E-state index < -0.39 is 0 Å². The van der Waals surface area contributed by atoms with E-state index in [-0.39, 0.29) is 23.3 Å². The smallest absolute Gasteiger partial charge is 0.317 e. The van der Waals surface area contributed by atoms with Crippen molar-refractivity contribution in [1.82, 2.24) is 0 Å². The van der Waals surface area contributed by atoms with E-state index in [0.717, 1.165) is 6.42 Å². The highest BCUT2D eigenvalue weighted by Crippen LogP contribution is 2.44. The molecule has 1 saturated heterocycles. The molecule has 78 valence electrons. The molecule has 1 aliphatic carbocycles. The summed E-state index contributed by atoms with van der Waals surface area (Å²) in [6, 6.07) is 0. The maximum Gasteiger partial charge on any atom is 0.317 e. The molecule has 1 heterocycles. The Balaban J connectivity index is 1.97. The quantitative estimate of drug-likeness (QED) is 0.501. The van der Waals surface area contributed by atoms with E-state index in [1.165, 1.54) is 25.7 Å². The average Bonchev–Trinajstić information content (AvgIpc) is 2.61. The standard InChI is InChI=1S/C11H16O3/c1-11(4-2-3-5-11)7-8-6-9(12)14-10(8)13/h8H,2-7H2,1H3. The normalized spacial score (nSPS) is 30.8. The highest BCUT2D eigenvalue weighted by molar-refractivity contribution is 5.94. The molecule has 1 saturated carbocycles. The third-order valence-corrected chi connectivity index (χ3v) is 3.51. The van der Waals surface area contributed by atoms with Gasteiger partial charge in [-0.15, -0.1) is 0 Å². The van der Waals surface area contributed by atoms with Gasteiger partial charge in [-0.05, 0) is 24.7 Å². The molecule has 0 spiro atoms. The van der Waals surface area contributed by atoms with Gasteiger partial charge in [0.2, 0.25) is 0 Å². The van der Waals surface area contributed by atoms with Crippen LogP contribution in [0.25, 0.3) is 0 Å². The fourth-order valence-electron chi connectivity index (χ4n) is 2.70. The van der Waals surface area contributed by atoms with Gasteiger partial charge in [-0.3, -0.25) is 9.59 Å². The van der Waals surface area contributed by atoms with Crippen LogP contribution in [-0.2, 0) is 14.3 Å². The Morgan fingerprint density at radius 2 is 2.00 bits per heavy atom. The Kier molecular flexibility index (Phi) is 2.33. The first-order chi connectivity index (χ1) is 6.59. The number of hydrogen-bond donors (Lipinski definition) is 0. The molecule has 0 aromatic rings. The summed E-state index contributed by atoms with van der Waals surface area (Å²) >= 11 is 0. The molecule has 0 N–H and O–H groups in total. The van der Waals surface area contributed by atoms with E-state index in [2.05, 4.69) is 11.7 Å². The number of hydrogen-bond acceptors (Lipinski definition) is 3. The van der Waals surface area contributed by atoms with Crippen LogP contribution in [0.2, 0.25) is 0 Å². The summed E-state index contributed by atoms with van der Waals surface area (Å²) in [7, 11) is 0. The summed E-state index contributed by atoms with van der Waals surface area (Å²) in [5.74, 6) is -0.810. The summed E-state index contributed by atoms with van der Waals surface area (Å²) in [5, 5.41) is 0. The lowest BCUT2D eigenvalue weighted by atomic mass is 9.79. The van der Waals surface area contributed by atoms with E-state index in [1.807, 2.05) is 0 Å². The molecule has 2 rings (SSSR count). The van der Waals surface area contributed by atoms with Gasteiger partial charge in [0.25, 0.3) is 0 Å². The molecule has 0 aromatic heterocycles. The van der Waals surface area contributed by atoms with Crippen molar-refractivity contribution >= 4 is 11.9 Å². The second-order valence-corrected chi connectivity index (χ2v) is 4.92. The zero-order valence-corrected chi connectivity index (χ0v) is 8.54. The molecule has 2 aliphatic rings. The van der Waals surface area contributed by atoms with Gasteiger partial charge in [-0.2, -0.15) is 0 Å². The Morgan fingerprint density at radius 3 is 2.50 bits per heavy atom. The number of esters is 2. The van der Waals surface area contributed by atoms with Gasteiger partial charge in [-0.1, -0.05) is 19.8 Å². The number of cyclic esters (lactones) is 2. The van der Waals surface area contributed by atoms with Gasteiger partial charge in [0.05, 0.1) is 12.3 Å². The first kappa shape index (κ1) is 9.69. The molecular formula is C11H16O3. The lowest BCUT2D eigenvalue weighted by Crippen LogP contribution is -2.19. The SMILES string of the molecule is CC1(CC2CC(=O)OC2=O)CCCC1. The largest absolute Gasteiger partial charge is 0.393 e. The Bertz CT molecular complexity index is 264. The molecule has 0 amide bonds. The molecule has 3 heteroatoms. The average molecular weight is 196 g/mol. The molecule has 14 heavy (non-hydrogen) atoms. The molecule has 1 atom stereocenters. The third kappa shape index (κ3) is 1.81. The van der Waals surface area contributed by atoms with Crippen LogP contribution in [0.15, 0.2) is 0 Å². The minimum Gasteiger partial charge on any atom is -0.393 e. The van der Waals surface area contributed by atoms with Gasteiger partial charge in [0.1, 0.15) is 0 Å². The molecule has 1 unspecified atom stereocenters. The first-order valence-electron chi connectivity index (χ1n) is 5.34. The second kappa shape index (κ2) is 3.37. The minimum atomic E-state index is -0.346. The molecule has 1 aliphatic heterocycles. The molecule has 2 fully saturated rings. The predicted molar refractivity (Wildman–Crippen MR) is 50.4 cm³/mol. The van der Waals surface area contributed by atoms with Crippen LogP contribution >= 0.6 is 0 Å². The summed E-state index contributed by atoms with van der Waals surface area (Å²) in [4.78, 5) is 22.2. The van der Waals surface area contributed by atoms with Crippen molar-refractivity contribution in [2.45, 2.75) is 45.4 Å². The van der Waals surface area contributed by atoms with Crippen molar-refractivity contribution in [1.29, 1.82) is 0 Å². The van der Waals surface area contributed by atoms with Crippen molar-refractivity contribution in [2.24, 2.45) is 11.3 Å². The lowest BCUT2D eigenvalue weighted by molar-refractivity contribution is -0.153. The van der Waals surface area contributed by atoms with Crippen LogP contribution in [-0.4, -0.2) is 11.9 Å². The van der Waals surface area contributed by atoms with Crippen LogP contribution in [0.1, 0.15) is 45.4 Å². The van der Waals surface area contributed by atoms with E-state index in [0.29, 0.717) is 6.42 Å². The summed E-state index contributed by atoms with van der Waals surface area (Å²) in [6.07, 6.45) is 6.01. The highest BCUT2D eigenvalue weighted by atomic mass is 16.6. The van der Waals surface area contributed by atoms with Crippen LogP contribution in [0.3, 0.4) is 0 Å². The second-order valence-electron chi connectivity index (χ2n) is 4.92. The van der Waals surface area contributed by atoms with Crippen molar-refractivity contribution in [3.05, 3.63) is 0 Å². The van der Waals surface area contributed by atoms with Gasteiger partial charge < -0.3 is 4.74 Å². The third-order valence-electron chi connectivity index (χ3n) is 3.51. The van der Waals surface area contributed by atoms with Gasteiger partial charge in [0.15, 0.2) is 0 Å². The zero-order chi connectivity index (χ0) is 10.2. The lowest BCUT2D eigenvalue weighted by Gasteiger charge is -2.24. The van der Waals surface area contributed by atoms with E-state index >= 15 is 0 Å². The Morgan fingerprint density at radius 1 is 1.36 bits per heavy atom. The number of rotatable bonds is 2. The summed E-state index contributed by atoms with van der Waals surface area (Å²) in [6.45, 7) is 2.22. The van der Waals surface area contributed by atoms with Gasteiger partial charge in [-0.25, -0.2) is 0 Å². The maximum absolute atomic E-state index is 11.3. The van der Waals surface area contributed by atoms with E-state index in [9.17, 15) is 9.59 Å². The number of carbonyl (C=O) groups excluding carboxylic acids is 2. The summed E-state index contributed by atoms with van der Waals surface area (Å²) in [5.41, 5.74) is 0.272. The molecule has 0 aromatic carbocycles. The highest BCUT2D eigenvalue weighted by Gasteiger charge is 2.40. The first-order valence-corrected chi connectivity index (χ1v) is 5.34. The number of ether oxygens (including phenoxy) is 1. The fourth-order valence-corrected chi connectivity index (χ4v) is 2.70. The van der Waals surface area contributed by atoms with Crippen molar-refractivity contribution in [3.8, 4) is 0 Å². The van der Waals surface area contributed by atoms with Gasteiger partial charge >= 0.3 is 11.9 Å². The van der Waals surface area contributed by atoms with Gasteiger partial charge in [0, 0.05) is 0 Å². The zero-order valence-electron chi connectivity index (χ0n) is 8.54. The Hall–Kier alpha value is -0.860. The molecular weight excluding hydrogens is 180 g/mol. The molecule has 0 bridgehead atoms. The van der Waals surface area contributed by atoms with Crippen molar-refractivity contribution in [3.63, 3.8) is 0 Å². The van der Waals surface area contributed by atoms with Crippen LogP contribution in [0, 0.1) is 11.3 Å². The van der Waals surface area contributed by atoms with E-state index in [4.69, 9.17) is 0 Å². The topological polar surface area (TPSA) is 43.4 Å². The Labute approximate surface area is 83.8 Å². The van der Waals surface area contributed by atoms with Crippen LogP contribution < -0.4 is 0 Å². The molecule has 0 radical (unpaired) electrons. The van der Waals surface area contributed by atoms with Crippen molar-refractivity contribution in [2.75, 3.05) is 0 Å². The minimum absolute atomic E-state index is 0.161. The maximum atomic E-state index is 11.3. The summed E-state index contributed by atoms with van der Waals surface area (Å²) < 4.78 is 4.55. The van der Waals surface area contributed by atoms with Crippen LogP contribution in [0.4, 0.5) is 0 Å². The monoisotopic (exact) mass is 196 g/mol. The van der Waals surface area contributed by atoms with Crippen molar-refractivity contribution < 1.29 is 14.3 Å². The van der Waals surface area contributed by atoms with Crippen LogP contribution in [0.5, 0.6) is 0 Å². The van der Waals surface area contributed by atoms with E-state index in [1.54, 1.807) is 0 Å². The number of carbonyl (C=O) groups is 2. The fraction of sp³-hybridized carbons (Fsp3) is 0.818. The molecule has 3 nitrogen and oxygen atoms in total.